The predicted octanol–water partition coefficient (Wildman–Crippen LogP) is 0.865. The van der Waals surface area contributed by atoms with Crippen molar-refractivity contribution in [2.24, 2.45) is 0 Å². The summed E-state index contributed by atoms with van der Waals surface area (Å²) < 4.78 is 10.1. The van der Waals surface area contributed by atoms with Gasteiger partial charge in [-0.3, -0.25) is 4.79 Å². The van der Waals surface area contributed by atoms with E-state index in [1.54, 1.807) is 25.1 Å². The molecule has 118 valence electrons. The van der Waals surface area contributed by atoms with E-state index in [0.29, 0.717) is 36.6 Å². The van der Waals surface area contributed by atoms with Gasteiger partial charge in [0.2, 0.25) is 5.91 Å². The summed E-state index contributed by atoms with van der Waals surface area (Å²) in [5, 5.41) is 3.06. The van der Waals surface area contributed by atoms with Gasteiger partial charge in [0, 0.05) is 33.4 Å². The maximum Gasteiger partial charge on any atom is 0.239 e. The lowest BCUT2D eigenvalue weighted by Gasteiger charge is -2.18. The fourth-order valence-corrected chi connectivity index (χ4v) is 1.75. The third-order valence-corrected chi connectivity index (χ3v) is 2.76. The van der Waals surface area contributed by atoms with E-state index < -0.39 is 0 Å². The van der Waals surface area contributed by atoms with Crippen LogP contribution >= 0.6 is 11.6 Å². The molecule has 1 aromatic heterocycles. The molecule has 0 radical (unpaired) electrons. The molecule has 0 unspecified atom stereocenters. The first-order valence-electron chi connectivity index (χ1n) is 6.64. The highest BCUT2D eigenvalue weighted by Crippen LogP contribution is 2.15. The van der Waals surface area contributed by atoms with Crippen LogP contribution in [0.5, 0.6) is 0 Å². The fourth-order valence-electron chi connectivity index (χ4n) is 1.55. The highest BCUT2D eigenvalue weighted by molar-refractivity contribution is 6.29. The molecule has 0 aromatic carbocycles. The first-order valence-corrected chi connectivity index (χ1v) is 7.02. The van der Waals surface area contributed by atoms with Crippen LogP contribution in [0.25, 0.3) is 0 Å². The second-order valence-corrected chi connectivity index (χ2v) is 4.69. The van der Waals surface area contributed by atoms with E-state index in [1.165, 1.54) is 0 Å². The molecule has 0 saturated heterocycles. The summed E-state index contributed by atoms with van der Waals surface area (Å²) in [6, 6.07) is 1.61. The van der Waals surface area contributed by atoms with E-state index in [-0.39, 0.29) is 19.1 Å². The highest BCUT2D eigenvalue weighted by Gasteiger charge is 2.11. The number of nitrogens with zero attached hydrogens (tertiary/aromatic N) is 3. The van der Waals surface area contributed by atoms with Crippen LogP contribution in [0.3, 0.4) is 0 Å². The van der Waals surface area contributed by atoms with Gasteiger partial charge < -0.3 is 19.7 Å². The van der Waals surface area contributed by atoms with Gasteiger partial charge in [0.05, 0.1) is 13.2 Å². The van der Waals surface area contributed by atoms with Gasteiger partial charge in [0.1, 0.15) is 17.6 Å². The SMILES string of the molecule is CCOCc1nc(Cl)cc(N(C)CC(=O)NCCOC)n1. The normalized spacial score (nSPS) is 10.5. The van der Waals surface area contributed by atoms with Crippen molar-refractivity contribution < 1.29 is 14.3 Å². The number of ether oxygens (including phenoxy) is 2. The van der Waals surface area contributed by atoms with Gasteiger partial charge in [-0.15, -0.1) is 0 Å². The molecule has 0 aliphatic carbocycles. The number of methoxy groups -OCH3 is 1. The van der Waals surface area contributed by atoms with Gasteiger partial charge in [0.15, 0.2) is 5.82 Å². The Morgan fingerprint density at radius 2 is 2.24 bits per heavy atom. The van der Waals surface area contributed by atoms with Gasteiger partial charge in [-0.2, -0.15) is 0 Å². The molecule has 1 aromatic rings. The summed E-state index contributed by atoms with van der Waals surface area (Å²) in [4.78, 5) is 21.8. The lowest BCUT2D eigenvalue weighted by molar-refractivity contribution is -0.119. The number of rotatable bonds is 9. The molecule has 1 N–H and O–H groups in total. The van der Waals surface area contributed by atoms with Crippen LogP contribution in [0.15, 0.2) is 6.07 Å². The zero-order chi connectivity index (χ0) is 15.7. The third-order valence-electron chi connectivity index (χ3n) is 2.56. The molecule has 21 heavy (non-hydrogen) atoms. The number of hydrogen-bond donors (Lipinski definition) is 1. The number of carbonyl (C=O) groups is 1. The molecule has 1 heterocycles. The largest absolute Gasteiger partial charge is 0.383 e. The van der Waals surface area contributed by atoms with Crippen molar-refractivity contribution in [2.75, 3.05) is 45.4 Å². The van der Waals surface area contributed by atoms with Gasteiger partial charge in [-0.05, 0) is 6.92 Å². The molecule has 1 amide bonds. The lowest BCUT2D eigenvalue weighted by Crippen LogP contribution is -2.37. The van der Waals surface area contributed by atoms with Gasteiger partial charge in [-0.25, -0.2) is 9.97 Å². The van der Waals surface area contributed by atoms with Gasteiger partial charge in [0.25, 0.3) is 0 Å². The maximum atomic E-state index is 11.7. The third kappa shape index (κ3) is 6.70. The topological polar surface area (TPSA) is 76.6 Å². The number of likely N-dealkylation sites (N-methyl/N-ethyl adjacent to an activating group) is 1. The number of anilines is 1. The van der Waals surface area contributed by atoms with E-state index in [0.717, 1.165) is 0 Å². The molecule has 7 nitrogen and oxygen atoms in total. The van der Waals surface area contributed by atoms with Crippen molar-refractivity contribution in [3.63, 3.8) is 0 Å². The van der Waals surface area contributed by atoms with Crippen molar-refractivity contribution in [3.05, 3.63) is 17.0 Å². The molecular formula is C13H21ClN4O3. The van der Waals surface area contributed by atoms with Crippen molar-refractivity contribution in [2.45, 2.75) is 13.5 Å². The Balaban J connectivity index is 2.62. The number of halogens is 1. The summed E-state index contributed by atoms with van der Waals surface area (Å²) in [6.45, 7) is 3.88. The van der Waals surface area contributed by atoms with E-state index in [2.05, 4.69) is 15.3 Å². The lowest BCUT2D eigenvalue weighted by atomic mass is 10.4. The number of amides is 1. The highest BCUT2D eigenvalue weighted by atomic mass is 35.5. The first-order chi connectivity index (χ1) is 10.1. The Morgan fingerprint density at radius 1 is 1.48 bits per heavy atom. The van der Waals surface area contributed by atoms with Gasteiger partial charge >= 0.3 is 0 Å². The second kappa shape index (κ2) is 9.49. The van der Waals surface area contributed by atoms with Crippen molar-refractivity contribution >= 4 is 23.3 Å². The Kier molecular flexibility index (Phi) is 7.96. The van der Waals surface area contributed by atoms with E-state index in [4.69, 9.17) is 21.1 Å². The molecular weight excluding hydrogens is 296 g/mol. The molecule has 1 rings (SSSR count). The Bertz CT molecular complexity index is 459. The van der Waals surface area contributed by atoms with Crippen LogP contribution < -0.4 is 10.2 Å². The van der Waals surface area contributed by atoms with Crippen LogP contribution in [-0.2, 0) is 20.9 Å². The summed E-state index contributed by atoms with van der Waals surface area (Å²) in [6.07, 6.45) is 0. The molecule has 0 spiro atoms. The van der Waals surface area contributed by atoms with E-state index >= 15 is 0 Å². The van der Waals surface area contributed by atoms with Crippen LogP contribution in [0.1, 0.15) is 12.7 Å². The maximum absolute atomic E-state index is 11.7. The summed E-state index contributed by atoms with van der Waals surface area (Å²) in [7, 11) is 3.35. The molecule has 0 fully saturated rings. The standard InChI is InChI=1S/C13H21ClN4O3/c1-4-21-9-11-16-10(14)7-12(17-11)18(2)8-13(19)15-5-6-20-3/h7H,4-6,8-9H2,1-3H3,(H,15,19). The summed E-state index contributed by atoms with van der Waals surface area (Å²) >= 11 is 5.96. The van der Waals surface area contributed by atoms with Crippen LogP contribution in [0.4, 0.5) is 5.82 Å². The average molecular weight is 317 g/mol. The fraction of sp³-hybridized carbons (Fsp3) is 0.615. The van der Waals surface area contributed by atoms with Gasteiger partial charge in [-0.1, -0.05) is 11.6 Å². The molecule has 8 heteroatoms. The smallest absolute Gasteiger partial charge is 0.239 e. The van der Waals surface area contributed by atoms with Crippen molar-refractivity contribution in [1.82, 2.24) is 15.3 Å². The second-order valence-electron chi connectivity index (χ2n) is 4.30. The minimum absolute atomic E-state index is 0.115. The zero-order valence-corrected chi connectivity index (χ0v) is 13.3. The number of aromatic nitrogens is 2. The minimum Gasteiger partial charge on any atom is -0.383 e. The predicted molar refractivity (Wildman–Crippen MR) is 80.5 cm³/mol. The average Bonchev–Trinajstić information content (AvgIpc) is 2.44. The Morgan fingerprint density at radius 3 is 2.90 bits per heavy atom. The van der Waals surface area contributed by atoms with Crippen LogP contribution in [0.2, 0.25) is 5.15 Å². The van der Waals surface area contributed by atoms with Crippen LogP contribution in [0, 0.1) is 0 Å². The molecule has 0 bridgehead atoms. The van der Waals surface area contributed by atoms with Crippen molar-refractivity contribution in [3.8, 4) is 0 Å². The summed E-state index contributed by atoms with van der Waals surface area (Å²) in [5.74, 6) is 0.952. The number of carbonyl (C=O) groups excluding carboxylic acids is 1. The van der Waals surface area contributed by atoms with Crippen molar-refractivity contribution in [1.29, 1.82) is 0 Å². The first kappa shape index (κ1) is 17.6. The van der Waals surface area contributed by atoms with E-state index in [9.17, 15) is 4.79 Å². The quantitative estimate of drug-likeness (QED) is 0.538. The minimum atomic E-state index is -0.115. The van der Waals surface area contributed by atoms with Crippen LogP contribution in [-0.4, -0.2) is 56.3 Å². The summed E-state index contributed by atoms with van der Waals surface area (Å²) in [5.41, 5.74) is 0. The molecule has 0 aliphatic heterocycles. The monoisotopic (exact) mass is 316 g/mol. The molecule has 0 aliphatic rings. The molecule has 0 atom stereocenters. The van der Waals surface area contributed by atoms with E-state index in [1.807, 2.05) is 6.92 Å². The zero-order valence-electron chi connectivity index (χ0n) is 12.6. The number of hydrogen-bond acceptors (Lipinski definition) is 6. The Labute approximate surface area is 129 Å². The Hall–Kier alpha value is -1.44. The number of nitrogens with one attached hydrogen (secondary N) is 1. The molecule has 0 saturated carbocycles.